The van der Waals surface area contributed by atoms with Gasteiger partial charge in [-0.3, -0.25) is 28.8 Å². The monoisotopic (exact) mass is 863 g/mol. The summed E-state index contributed by atoms with van der Waals surface area (Å²) in [4.78, 5) is 109. The van der Waals surface area contributed by atoms with E-state index in [-0.39, 0.29) is 38.6 Å². The molecule has 2 aromatic carbocycles. The highest BCUT2D eigenvalue weighted by Gasteiger charge is 2.37. The van der Waals surface area contributed by atoms with Crippen LogP contribution in [-0.2, 0) is 46.4 Å². The molecule has 0 saturated carbocycles. The molecule has 3 rings (SSSR count). The van der Waals surface area contributed by atoms with Crippen LogP contribution in [0.5, 0.6) is 0 Å². The highest BCUT2D eigenvalue weighted by molar-refractivity contribution is 5.98. The molecule has 8 amide bonds. The molecule has 7 unspecified atom stereocenters. The van der Waals surface area contributed by atoms with Gasteiger partial charge in [-0.25, -0.2) is 9.59 Å². The second-order valence-electron chi connectivity index (χ2n) is 15.8. The van der Waals surface area contributed by atoms with Crippen molar-refractivity contribution in [2.24, 2.45) is 17.4 Å². The topological polar surface area (TPSA) is 284 Å². The Balaban J connectivity index is 2.03. The number of likely N-dealkylation sites (N-methyl/N-ethyl adjacent to an activating group) is 1. The van der Waals surface area contributed by atoms with Gasteiger partial charge >= 0.3 is 12.0 Å². The van der Waals surface area contributed by atoms with Crippen LogP contribution in [0.2, 0.25) is 0 Å². The van der Waals surface area contributed by atoms with E-state index < -0.39 is 96.0 Å². The fraction of sp³-hybridized carbons (Fsp3) is 0.545. The Hall–Kier alpha value is -6.04. The van der Waals surface area contributed by atoms with E-state index >= 15 is 0 Å². The van der Waals surface area contributed by atoms with Crippen LogP contribution in [0.4, 0.5) is 4.79 Å². The van der Waals surface area contributed by atoms with E-state index in [1.807, 2.05) is 37.3 Å². The fourth-order valence-corrected chi connectivity index (χ4v) is 7.14. The first-order valence-electron chi connectivity index (χ1n) is 21.5. The summed E-state index contributed by atoms with van der Waals surface area (Å²) in [5, 5.41) is 25.9. The summed E-state index contributed by atoms with van der Waals surface area (Å²) in [5.41, 5.74) is 12.9. The lowest BCUT2D eigenvalue weighted by molar-refractivity contribution is -0.144. The van der Waals surface area contributed by atoms with Gasteiger partial charge in [0.05, 0.1) is 6.42 Å². The zero-order valence-electron chi connectivity index (χ0n) is 36.0. The average Bonchev–Trinajstić information content (AvgIpc) is 3.25. The summed E-state index contributed by atoms with van der Waals surface area (Å²) in [7, 11) is 1.32. The Morgan fingerprint density at radius 2 is 1.48 bits per heavy atom. The van der Waals surface area contributed by atoms with Crippen molar-refractivity contribution in [2.45, 2.75) is 127 Å². The van der Waals surface area contributed by atoms with Crippen LogP contribution in [0.25, 0.3) is 0 Å². The minimum absolute atomic E-state index is 0.0409. The summed E-state index contributed by atoms with van der Waals surface area (Å²) in [5.74, 6) is -6.07. The lowest BCUT2D eigenvalue weighted by atomic mass is 9.96. The number of hydrogen-bond donors (Lipinski definition) is 9. The maximum Gasteiger partial charge on any atom is 0.326 e. The van der Waals surface area contributed by atoms with Gasteiger partial charge < -0.3 is 53.4 Å². The van der Waals surface area contributed by atoms with Crippen LogP contribution >= 0.6 is 0 Å². The van der Waals surface area contributed by atoms with E-state index in [1.54, 1.807) is 37.3 Å². The number of urea groups is 1. The molecule has 0 radical (unpaired) electrons. The molecule has 0 spiro atoms. The number of amides is 8. The van der Waals surface area contributed by atoms with E-state index in [1.165, 1.54) is 7.05 Å². The molecule has 62 heavy (non-hydrogen) atoms. The van der Waals surface area contributed by atoms with Crippen LogP contribution in [0.15, 0.2) is 60.7 Å². The molecule has 340 valence electrons. The molecule has 1 aliphatic heterocycles. The van der Waals surface area contributed by atoms with Crippen LogP contribution < -0.4 is 43.4 Å². The number of benzene rings is 2. The number of aryl methyl sites for hydroxylation is 1. The summed E-state index contributed by atoms with van der Waals surface area (Å²) in [6, 6.07) is 10.0. The fourth-order valence-electron chi connectivity index (χ4n) is 7.14. The van der Waals surface area contributed by atoms with E-state index in [4.69, 9.17) is 11.5 Å². The first kappa shape index (κ1) is 50.3. The number of aliphatic carboxylic acids is 1. The Kier molecular flexibility index (Phi) is 21.4. The lowest BCUT2D eigenvalue weighted by Crippen LogP contribution is -2.61. The predicted molar refractivity (Wildman–Crippen MR) is 232 cm³/mol. The zero-order chi connectivity index (χ0) is 45.6. The number of carbonyl (C=O) groups is 8. The van der Waals surface area contributed by atoms with Crippen LogP contribution in [-0.4, -0.2) is 114 Å². The van der Waals surface area contributed by atoms with Crippen molar-refractivity contribution in [1.29, 1.82) is 0 Å². The maximum atomic E-state index is 14.5. The molecule has 7 atom stereocenters. The minimum Gasteiger partial charge on any atom is -0.480 e. The van der Waals surface area contributed by atoms with Crippen molar-refractivity contribution in [1.82, 2.24) is 36.8 Å². The maximum absolute atomic E-state index is 14.5. The van der Waals surface area contributed by atoms with Crippen LogP contribution in [0, 0.1) is 5.92 Å². The number of unbranched alkanes of at least 4 members (excludes halogenated alkanes) is 1. The van der Waals surface area contributed by atoms with Crippen molar-refractivity contribution in [3.63, 3.8) is 0 Å². The van der Waals surface area contributed by atoms with Gasteiger partial charge in [-0.1, -0.05) is 80.9 Å². The number of carbonyl (C=O) groups excluding carboxylic acids is 7. The smallest absolute Gasteiger partial charge is 0.326 e. The normalized spacial score (nSPS) is 22.0. The Bertz CT molecular complexity index is 1800. The Morgan fingerprint density at radius 3 is 2.10 bits per heavy atom. The number of primary amides is 1. The third kappa shape index (κ3) is 16.8. The number of carboxylic acids is 1. The van der Waals surface area contributed by atoms with E-state index in [0.717, 1.165) is 16.0 Å². The van der Waals surface area contributed by atoms with Crippen molar-refractivity contribution < 1.29 is 43.5 Å². The third-order valence-corrected chi connectivity index (χ3v) is 11.0. The van der Waals surface area contributed by atoms with Gasteiger partial charge in [-0.05, 0) is 81.4 Å². The molecule has 18 nitrogen and oxygen atoms in total. The standard InChI is InChI=1S/C44H65N9O9/c1-4-28(2)37-41(58)48-32(23-15-20-29-16-7-5-8-17-29)42(59)53(3)35(27-36(46)54)40(57)49-34(26-30-18-9-6-10-19-30)38(55)47-25-14-12-21-31(39(56)52-37)50-44(62)51-33(43(60)61)22-11-13-24-45/h5-10,16-19,28,31-35,37H,4,11-15,20-27,45H2,1-3H3,(H2,46,54)(H,47,55)(H,48,58)(H,49,57)(H,52,56)(H,60,61)(H2,50,51,62). The average molecular weight is 864 g/mol. The predicted octanol–water partition coefficient (Wildman–Crippen LogP) is 1.01. The van der Waals surface area contributed by atoms with Crippen molar-refractivity contribution >= 4 is 47.4 Å². The van der Waals surface area contributed by atoms with Crippen LogP contribution in [0.1, 0.15) is 89.2 Å². The molecule has 18 heteroatoms. The summed E-state index contributed by atoms with van der Waals surface area (Å²) in [6.07, 6.45) is 2.76. The van der Waals surface area contributed by atoms with Gasteiger partial charge in [0.1, 0.15) is 36.3 Å². The van der Waals surface area contributed by atoms with E-state index in [9.17, 15) is 43.5 Å². The first-order chi connectivity index (χ1) is 29.6. The van der Waals surface area contributed by atoms with Gasteiger partial charge in [0.2, 0.25) is 35.4 Å². The summed E-state index contributed by atoms with van der Waals surface area (Å²) >= 11 is 0. The molecule has 1 heterocycles. The summed E-state index contributed by atoms with van der Waals surface area (Å²) < 4.78 is 0. The Morgan fingerprint density at radius 1 is 0.839 bits per heavy atom. The van der Waals surface area contributed by atoms with Gasteiger partial charge in [0.25, 0.3) is 0 Å². The van der Waals surface area contributed by atoms with Gasteiger partial charge in [-0.15, -0.1) is 0 Å². The highest BCUT2D eigenvalue weighted by Crippen LogP contribution is 2.16. The third-order valence-electron chi connectivity index (χ3n) is 11.0. The molecule has 11 N–H and O–H groups in total. The molecule has 1 aliphatic rings. The second-order valence-corrected chi connectivity index (χ2v) is 15.8. The lowest BCUT2D eigenvalue weighted by Gasteiger charge is -2.33. The SMILES string of the molecule is CCC(C)C1NC(=O)C(NC(=O)NC(CCCCN)C(=O)O)CCCCNC(=O)C(Cc2ccccc2)NC(=O)C(CC(N)=O)N(C)C(=O)C(CCCc2ccccc2)NC1=O. The van der Waals surface area contributed by atoms with Gasteiger partial charge in [0.15, 0.2) is 0 Å². The molecular formula is C44H65N9O9. The van der Waals surface area contributed by atoms with Crippen molar-refractivity contribution in [3.05, 3.63) is 71.8 Å². The molecular weight excluding hydrogens is 799 g/mol. The van der Waals surface area contributed by atoms with E-state index in [0.29, 0.717) is 45.1 Å². The summed E-state index contributed by atoms with van der Waals surface area (Å²) in [6.45, 7) is 4.02. The largest absolute Gasteiger partial charge is 0.480 e. The van der Waals surface area contributed by atoms with E-state index in [2.05, 4.69) is 31.9 Å². The second kappa shape index (κ2) is 26.3. The molecule has 2 aromatic rings. The molecule has 0 bridgehead atoms. The number of rotatable bonds is 17. The van der Waals surface area contributed by atoms with Crippen LogP contribution in [0.3, 0.4) is 0 Å². The zero-order valence-corrected chi connectivity index (χ0v) is 36.0. The molecule has 1 fully saturated rings. The van der Waals surface area contributed by atoms with Crippen molar-refractivity contribution in [3.8, 4) is 0 Å². The van der Waals surface area contributed by atoms with Gasteiger partial charge in [-0.2, -0.15) is 0 Å². The molecule has 1 saturated heterocycles. The Labute approximate surface area is 363 Å². The van der Waals surface area contributed by atoms with Gasteiger partial charge in [0, 0.05) is 20.0 Å². The molecule has 0 aromatic heterocycles. The minimum atomic E-state index is -1.45. The number of nitrogens with zero attached hydrogens (tertiary/aromatic N) is 1. The number of nitrogens with two attached hydrogens (primary N) is 2. The highest BCUT2D eigenvalue weighted by atomic mass is 16.4. The quantitative estimate of drug-likeness (QED) is 0.102. The molecule has 0 aliphatic carbocycles. The first-order valence-corrected chi connectivity index (χ1v) is 21.5. The number of hydrogen-bond acceptors (Lipinski definition) is 9. The number of carboxylic acid groups (broad SMARTS) is 1. The van der Waals surface area contributed by atoms with Crippen molar-refractivity contribution in [2.75, 3.05) is 20.1 Å². The number of nitrogens with one attached hydrogen (secondary N) is 6.